The van der Waals surface area contributed by atoms with Gasteiger partial charge in [-0.2, -0.15) is 0 Å². The summed E-state index contributed by atoms with van der Waals surface area (Å²) in [7, 11) is 0. The Hall–Kier alpha value is -2.18. The number of hydrogen-bond donors (Lipinski definition) is 1. The number of benzene rings is 1. The number of carbonyl (C=O) groups excluding carboxylic acids is 2. The number of carbonyl (C=O) groups is 2. The lowest BCUT2D eigenvalue weighted by molar-refractivity contribution is 0.0635. The van der Waals surface area contributed by atoms with E-state index >= 15 is 0 Å². The van der Waals surface area contributed by atoms with Crippen molar-refractivity contribution in [3.63, 3.8) is 0 Å². The second-order valence-corrected chi connectivity index (χ2v) is 7.32. The molecule has 1 heterocycles. The van der Waals surface area contributed by atoms with Crippen LogP contribution in [0.2, 0.25) is 10.0 Å². The fourth-order valence-corrected chi connectivity index (χ4v) is 2.52. The Kier molecular flexibility index (Phi) is 5.88. The molecule has 0 saturated carbocycles. The molecule has 2 rings (SSSR count). The average Bonchev–Trinajstić information content (AvgIpc) is 2.50. The third-order valence-electron chi connectivity index (χ3n) is 3.16. The van der Waals surface area contributed by atoms with Crippen molar-refractivity contribution in [3.8, 4) is 11.3 Å². The molecule has 5 nitrogen and oxygen atoms in total. The molecule has 0 atom stereocenters. The number of ketones is 1. The maximum absolute atomic E-state index is 15.0. The SMILES string of the molecule is CC(=O)c1nc(-c2ccc(Cl)cc2)c(F)c(NC(=O)OC(C)(C)C)c1Cl. The van der Waals surface area contributed by atoms with Crippen molar-refractivity contribution < 1.29 is 18.7 Å². The molecule has 0 radical (unpaired) electrons. The maximum Gasteiger partial charge on any atom is 0.412 e. The van der Waals surface area contributed by atoms with Gasteiger partial charge >= 0.3 is 6.09 Å². The molecule has 0 bridgehead atoms. The summed E-state index contributed by atoms with van der Waals surface area (Å²) < 4.78 is 20.1. The lowest BCUT2D eigenvalue weighted by atomic mass is 10.1. The quantitative estimate of drug-likeness (QED) is 0.668. The van der Waals surface area contributed by atoms with E-state index in [-0.39, 0.29) is 22.1 Å². The maximum atomic E-state index is 15.0. The van der Waals surface area contributed by atoms with Crippen molar-refractivity contribution in [2.45, 2.75) is 33.3 Å². The van der Waals surface area contributed by atoms with Crippen LogP contribution in [0.3, 0.4) is 0 Å². The summed E-state index contributed by atoms with van der Waals surface area (Å²) >= 11 is 11.9. The number of nitrogens with zero attached hydrogens (tertiary/aromatic N) is 1. The van der Waals surface area contributed by atoms with Gasteiger partial charge in [0.25, 0.3) is 0 Å². The number of rotatable bonds is 3. The minimum atomic E-state index is -0.902. The van der Waals surface area contributed by atoms with Crippen LogP contribution < -0.4 is 5.32 Å². The van der Waals surface area contributed by atoms with Gasteiger partial charge in [-0.3, -0.25) is 10.1 Å². The zero-order valence-corrected chi connectivity index (χ0v) is 16.1. The van der Waals surface area contributed by atoms with E-state index in [1.807, 2.05) is 0 Å². The third kappa shape index (κ3) is 4.71. The van der Waals surface area contributed by atoms with Gasteiger partial charge in [0.05, 0.1) is 5.02 Å². The van der Waals surface area contributed by atoms with Gasteiger partial charge in [-0.25, -0.2) is 14.2 Å². The van der Waals surface area contributed by atoms with Crippen LogP contribution >= 0.6 is 23.2 Å². The second-order valence-electron chi connectivity index (χ2n) is 6.50. The fourth-order valence-electron chi connectivity index (χ4n) is 2.09. The lowest BCUT2D eigenvalue weighted by Crippen LogP contribution is -2.28. The molecule has 1 amide bonds. The molecule has 0 aliphatic heterocycles. The largest absolute Gasteiger partial charge is 0.444 e. The van der Waals surface area contributed by atoms with E-state index in [1.165, 1.54) is 6.92 Å². The Morgan fingerprint density at radius 1 is 1.15 bits per heavy atom. The monoisotopic (exact) mass is 398 g/mol. The van der Waals surface area contributed by atoms with Gasteiger partial charge < -0.3 is 4.74 Å². The van der Waals surface area contributed by atoms with Gasteiger partial charge in [-0.1, -0.05) is 35.3 Å². The normalized spacial score (nSPS) is 11.2. The number of nitrogens with one attached hydrogen (secondary N) is 1. The predicted octanol–water partition coefficient (Wildman–Crippen LogP) is 5.74. The van der Waals surface area contributed by atoms with Gasteiger partial charge in [0.1, 0.15) is 22.7 Å². The number of ether oxygens (including phenoxy) is 1. The average molecular weight is 399 g/mol. The third-order valence-corrected chi connectivity index (χ3v) is 3.78. The summed E-state index contributed by atoms with van der Waals surface area (Å²) in [6.07, 6.45) is -0.902. The van der Waals surface area contributed by atoms with Crippen LogP contribution in [-0.2, 0) is 4.74 Å². The molecular formula is C18H17Cl2FN2O3. The standard InChI is InChI=1S/C18H17Cl2FN2O3/c1-9(24)14-12(20)16(23-17(25)26-18(2,3)4)13(21)15(22-14)10-5-7-11(19)8-6-10/h5-8H,1-4H3,(H,22,23,25). The summed E-state index contributed by atoms with van der Waals surface area (Å²) in [5.74, 6) is -1.36. The molecule has 0 saturated heterocycles. The van der Waals surface area contributed by atoms with Crippen LogP contribution in [-0.4, -0.2) is 22.5 Å². The molecule has 2 aromatic rings. The molecule has 0 aliphatic carbocycles. The zero-order chi connectivity index (χ0) is 19.6. The Bertz CT molecular complexity index is 862. The zero-order valence-electron chi connectivity index (χ0n) is 14.6. The van der Waals surface area contributed by atoms with Gasteiger partial charge in [-0.15, -0.1) is 0 Å². The van der Waals surface area contributed by atoms with Crippen LogP contribution in [0.1, 0.15) is 38.2 Å². The topological polar surface area (TPSA) is 68.3 Å². The minimum Gasteiger partial charge on any atom is -0.444 e. The van der Waals surface area contributed by atoms with Crippen LogP contribution in [0.15, 0.2) is 24.3 Å². The van der Waals surface area contributed by atoms with Crippen LogP contribution in [0, 0.1) is 5.82 Å². The first-order valence-corrected chi connectivity index (χ1v) is 8.41. The molecule has 0 fully saturated rings. The number of Topliss-reactive ketones (excluding diaryl/α,β-unsaturated/α-hetero) is 1. The van der Waals surface area contributed by atoms with Crippen LogP contribution in [0.4, 0.5) is 14.9 Å². The highest BCUT2D eigenvalue weighted by Crippen LogP contribution is 2.35. The molecule has 26 heavy (non-hydrogen) atoms. The molecule has 1 aromatic carbocycles. The van der Waals surface area contributed by atoms with Crippen molar-refractivity contribution in [2.75, 3.05) is 5.32 Å². The van der Waals surface area contributed by atoms with Gasteiger partial charge in [0.2, 0.25) is 0 Å². The summed E-state index contributed by atoms with van der Waals surface area (Å²) in [6, 6.07) is 6.20. The first kappa shape index (κ1) is 20.1. The highest BCUT2D eigenvalue weighted by Gasteiger charge is 2.25. The summed E-state index contributed by atoms with van der Waals surface area (Å²) in [5, 5.41) is 2.43. The summed E-state index contributed by atoms with van der Waals surface area (Å²) in [5.41, 5.74) is -1.08. The predicted molar refractivity (Wildman–Crippen MR) is 99.5 cm³/mol. The van der Waals surface area contributed by atoms with Gasteiger partial charge in [0.15, 0.2) is 11.6 Å². The number of amides is 1. The lowest BCUT2D eigenvalue weighted by Gasteiger charge is -2.21. The second kappa shape index (κ2) is 7.60. The van der Waals surface area contributed by atoms with Crippen molar-refractivity contribution in [3.05, 3.63) is 45.8 Å². The van der Waals surface area contributed by atoms with Crippen LogP contribution in [0.25, 0.3) is 11.3 Å². The van der Waals surface area contributed by atoms with Gasteiger partial charge in [0, 0.05) is 17.5 Å². The molecule has 8 heteroatoms. The number of pyridine rings is 1. The van der Waals surface area contributed by atoms with Crippen molar-refractivity contribution >= 4 is 40.8 Å². The highest BCUT2D eigenvalue weighted by atomic mass is 35.5. The van der Waals surface area contributed by atoms with E-state index in [2.05, 4.69) is 10.3 Å². The van der Waals surface area contributed by atoms with E-state index in [0.29, 0.717) is 10.6 Å². The van der Waals surface area contributed by atoms with Crippen molar-refractivity contribution in [1.82, 2.24) is 4.98 Å². The first-order chi connectivity index (χ1) is 12.0. The molecule has 0 unspecified atom stereocenters. The summed E-state index contributed by atoms with van der Waals surface area (Å²) in [6.45, 7) is 6.24. The van der Waals surface area contributed by atoms with Crippen LogP contribution in [0.5, 0.6) is 0 Å². The first-order valence-electron chi connectivity index (χ1n) is 7.65. The van der Waals surface area contributed by atoms with E-state index < -0.39 is 23.3 Å². The van der Waals surface area contributed by atoms with Crippen molar-refractivity contribution in [2.24, 2.45) is 0 Å². The number of anilines is 1. The molecule has 1 aromatic heterocycles. The molecule has 1 N–H and O–H groups in total. The van der Waals surface area contributed by atoms with E-state index in [4.69, 9.17) is 27.9 Å². The van der Waals surface area contributed by atoms with Crippen molar-refractivity contribution in [1.29, 1.82) is 0 Å². The summed E-state index contributed by atoms with van der Waals surface area (Å²) in [4.78, 5) is 27.9. The van der Waals surface area contributed by atoms with E-state index in [1.54, 1.807) is 45.0 Å². The molecule has 138 valence electrons. The van der Waals surface area contributed by atoms with E-state index in [9.17, 15) is 14.0 Å². The Labute approximate surface area is 160 Å². The smallest absolute Gasteiger partial charge is 0.412 e. The molecular weight excluding hydrogens is 382 g/mol. The van der Waals surface area contributed by atoms with E-state index in [0.717, 1.165) is 0 Å². The highest BCUT2D eigenvalue weighted by molar-refractivity contribution is 6.36. The Morgan fingerprint density at radius 3 is 2.23 bits per heavy atom. The molecule has 0 spiro atoms. The number of hydrogen-bond acceptors (Lipinski definition) is 4. The number of aromatic nitrogens is 1. The Morgan fingerprint density at radius 2 is 1.73 bits per heavy atom. The number of halogens is 3. The fraction of sp³-hybridized carbons (Fsp3) is 0.278. The molecule has 0 aliphatic rings. The Balaban J connectivity index is 2.58. The van der Waals surface area contributed by atoms with Gasteiger partial charge in [-0.05, 0) is 32.9 Å². The minimum absolute atomic E-state index is 0.137.